The Bertz CT molecular complexity index is 586. The van der Waals surface area contributed by atoms with Crippen molar-refractivity contribution in [2.75, 3.05) is 18.1 Å². The molecule has 1 aromatic rings. The Morgan fingerprint density at radius 3 is 2.75 bits per heavy atom. The van der Waals surface area contributed by atoms with Crippen LogP contribution in [-0.4, -0.2) is 32.4 Å². The van der Waals surface area contributed by atoms with Crippen molar-refractivity contribution in [1.29, 1.82) is 0 Å². The normalized spacial score (nSPS) is 20.8. The Hall–Kier alpha value is -1.07. The largest absolute Gasteiger partial charge is 0.356 e. The third kappa shape index (κ3) is 4.49. The number of hydrogen-bond donors (Lipinski definition) is 1. The Morgan fingerprint density at radius 1 is 1.35 bits per heavy atom. The topological polar surface area (TPSA) is 63.2 Å². The molecule has 2 rings (SSSR count). The number of amides is 1. The van der Waals surface area contributed by atoms with Crippen molar-refractivity contribution in [3.05, 3.63) is 34.9 Å². The van der Waals surface area contributed by atoms with Gasteiger partial charge in [0.05, 0.1) is 11.5 Å². The van der Waals surface area contributed by atoms with Crippen LogP contribution in [0.25, 0.3) is 0 Å². The first kappa shape index (κ1) is 15.3. The van der Waals surface area contributed by atoms with E-state index in [1.165, 1.54) is 0 Å². The van der Waals surface area contributed by atoms with Crippen molar-refractivity contribution >= 4 is 27.3 Å². The summed E-state index contributed by atoms with van der Waals surface area (Å²) in [5.74, 6) is 0.434. The molecule has 1 unspecified atom stereocenters. The van der Waals surface area contributed by atoms with E-state index in [-0.39, 0.29) is 23.3 Å². The van der Waals surface area contributed by atoms with Crippen LogP contribution in [0.4, 0.5) is 0 Å². The predicted octanol–water partition coefficient (Wildman–Crippen LogP) is 1.82. The predicted molar refractivity (Wildman–Crippen MR) is 79.5 cm³/mol. The molecular formula is C14H18ClNO3S. The molecule has 1 aromatic carbocycles. The number of rotatable bonds is 5. The van der Waals surface area contributed by atoms with E-state index in [0.717, 1.165) is 5.56 Å². The number of nitrogens with one attached hydrogen (secondary N) is 1. The number of carbonyl (C=O) groups excluding carboxylic acids is 1. The molecule has 0 bridgehead atoms. The van der Waals surface area contributed by atoms with Crippen LogP contribution in [0.5, 0.6) is 0 Å². The zero-order chi connectivity index (χ0) is 14.6. The molecule has 1 atom stereocenters. The van der Waals surface area contributed by atoms with Gasteiger partial charge in [-0.25, -0.2) is 8.42 Å². The smallest absolute Gasteiger partial charge is 0.220 e. The fourth-order valence-electron chi connectivity index (χ4n) is 2.33. The Kier molecular flexibility index (Phi) is 5.05. The molecule has 0 aromatic heterocycles. The van der Waals surface area contributed by atoms with E-state index >= 15 is 0 Å². The molecule has 1 aliphatic heterocycles. The minimum Gasteiger partial charge on any atom is -0.356 e. The van der Waals surface area contributed by atoms with Crippen LogP contribution in [-0.2, 0) is 21.1 Å². The van der Waals surface area contributed by atoms with Gasteiger partial charge in [-0.15, -0.1) is 0 Å². The van der Waals surface area contributed by atoms with Crippen molar-refractivity contribution in [2.24, 2.45) is 5.92 Å². The first-order valence-corrected chi connectivity index (χ1v) is 8.87. The summed E-state index contributed by atoms with van der Waals surface area (Å²) in [4.78, 5) is 11.7. The number of sulfone groups is 1. The zero-order valence-electron chi connectivity index (χ0n) is 11.1. The zero-order valence-corrected chi connectivity index (χ0v) is 12.7. The molecule has 0 spiro atoms. The minimum absolute atomic E-state index is 0.0595. The first-order chi connectivity index (χ1) is 9.46. The lowest BCUT2D eigenvalue weighted by atomic mass is 10.1. The van der Waals surface area contributed by atoms with Crippen molar-refractivity contribution < 1.29 is 13.2 Å². The van der Waals surface area contributed by atoms with Gasteiger partial charge in [-0.1, -0.05) is 29.8 Å². The van der Waals surface area contributed by atoms with Crippen LogP contribution in [0.15, 0.2) is 24.3 Å². The SMILES string of the molecule is O=C(CCc1ccccc1Cl)NCC1CCS(=O)(=O)C1. The second-order valence-corrected chi connectivity index (χ2v) is 7.80. The molecule has 1 N–H and O–H groups in total. The maximum atomic E-state index is 11.7. The average Bonchev–Trinajstić information content (AvgIpc) is 2.75. The molecule has 1 saturated heterocycles. The third-order valence-corrected chi connectivity index (χ3v) is 5.70. The molecule has 1 fully saturated rings. The molecule has 0 saturated carbocycles. The van der Waals surface area contributed by atoms with Gasteiger partial charge in [0, 0.05) is 18.0 Å². The van der Waals surface area contributed by atoms with Crippen molar-refractivity contribution in [3.63, 3.8) is 0 Å². The lowest BCUT2D eigenvalue weighted by molar-refractivity contribution is -0.121. The standard InChI is InChI=1S/C14H18ClNO3S/c15-13-4-2-1-3-12(13)5-6-14(17)16-9-11-7-8-20(18,19)10-11/h1-4,11H,5-10H2,(H,16,17). The van der Waals surface area contributed by atoms with E-state index in [1.54, 1.807) is 6.07 Å². The molecule has 0 aliphatic carbocycles. The van der Waals surface area contributed by atoms with Gasteiger partial charge in [-0.2, -0.15) is 0 Å². The highest BCUT2D eigenvalue weighted by Crippen LogP contribution is 2.18. The molecule has 1 heterocycles. The number of aryl methyl sites for hydroxylation is 1. The molecule has 1 amide bonds. The molecule has 1 aliphatic rings. The Balaban J connectivity index is 1.73. The fourth-order valence-corrected chi connectivity index (χ4v) is 4.42. The van der Waals surface area contributed by atoms with Gasteiger partial charge < -0.3 is 5.32 Å². The summed E-state index contributed by atoms with van der Waals surface area (Å²) >= 11 is 6.02. The first-order valence-electron chi connectivity index (χ1n) is 6.67. The maximum absolute atomic E-state index is 11.7. The summed E-state index contributed by atoms with van der Waals surface area (Å²) in [7, 11) is -2.87. The van der Waals surface area contributed by atoms with Crippen molar-refractivity contribution in [1.82, 2.24) is 5.32 Å². The second-order valence-electron chi connectivity index (χ2n) is 5.16. The van der Waals surface area contributed by atoms with Crippen molar-refractivity contribution in [3.8, 4) is 0 Å². The second kappa shape index (κ2) is 6.59. The lowest BCUT2D eigenvalue weighted by Crippen LogP contribution is -2.29. The van der Waals surface area contributed by atoms with Gasteiger partial charge in [0.2, 0.25) is 5.91 Å². The molecule has 0 radical (unpaired) electrons. The molecule has 20 heavy (non-hydrogen) atoms. The van der Waals surface area contributed by atoms with E-state index in [4.69, 9.17) is 11.6 Å². The van der Waals surface area contributed by atoms with Gasteiger partial charge in [-0.05, 0) is 30.4 Å². The van der Waals surface area contributed by atoms with Crippen LogP contribution in [0.1, 0.15) is 18.4 Å². The minimum atomic E-state index is -2.87. The molecule has 4 nitrogen and oxygen atoms in total. The van der Waals surface area contributed by atoms with E-state index in [0.29, 0.717) is 30.8 Å². The summed E-state index contributed by atoms with van der Waals surface area (Å²) < 4.78 is 22.6. The maximum Gasteiger partial charge on any atom is 0.220 e. The average molecular weight is 316 g/mol. The highest BCUT2D eigenvalue weighted by Gasteiger charge is 2.27. The Labute approximate surface area is 124 Å². The van der Waals surface area contributed by atoms with Crippen molar-refractivity contribution in [2.45, 2.75) is 19.3 Å². The fraction of sp³-hybridized carbons (Fsp3) is 0.500. The van der Waals surface area contributed by atoms with Crippen LogP contribution >= 0.6 is 11.6 Å². The quantitative estimate of drug-likeness (QED) is 0.901. The summed E-state index contributed by atoms with van der Waals surface area (Å²) in [6.07, 6.45) is 1.60. The van der Waals surface area contributed by atoms with Gasteiger partial charge >= 0.3 is 0 Å². The third-order valence-electron chi connectivity index (χ3n) is 3.49. The monoisotopic (exact) mass is 315 g/mol. The van der Waals surface area contributed by atoms with Crippen LogP contribution in [0.2, 0.25) is 5.02 Å². The van der Waals surface area contributed by atoms with Crippen LogP contribution in [0.3, 0.4) is 0 Å². The van der Waals surface area contributed by atoms with Gasteiger partial charge in [-0.3, -0.25) is 4.79 Å². The van der Waals surface area contributed by atoms with E-state index in [9.17, 15) is 13.2 Å². The van der Waals surface area contributed by atoms with Gasteiger partial charge in [0.25, 0.3) is 0 Å². The summed E-state index contributed by atoms with van der Waals surface area (Å²) in [6, 6.07) is 7.45. The van der Waals surface area contributed by atoms with Crippen LogP contribution in [0, 0.1) is 5.92 Å². The molecular weight excluding hydrogens is 298 g/mol. The summed E-state index contributed by atoms with van der Waals surface area (Å²) in [6.45, 7) is 0.445. The Morgan fingerprint density at radius 2 is 2.10 bits per heavy atom. The lowest BCUT2D eigenvalue weighted by Gasteiger charge is -2.10. The molecule has 110 valence electrons. The van der Waals surface area contributed by atoms with E-state index < -0.39 is 9.84 Å². The van der Waals surface area contributed by atoms with Crippen LogP contribution < -0.4 is 5.32 Å². The summed E-state index contributed by atoms with van der Waals surface area (Å²) in [5, 5.41) is 3.47. The van der Waals surface area contributed by atoms with E-state index in [1.807, 2.05) is 18.2 Å². The highest BCUT2D eigenvalue weighted by atomic mass is 35.5. The van der Waals surface area contributed by atoms with Gasteiger partial charge in [0.1, 0.15) is 0 Å². The number of hydrogen-bond acceptors (Lipinski definition) is 3. The summed E-state index contributed by atoms with van der Waals surface area (Å²) in [5.41, 5.74) is 0.952. The highest BCUT2D eigenvalue weighted by molar-refractivity contribution is 7.91. The number of benzene rings is 1. The van der Waals surface area contributed by atoms with E-state index in [2.05, 4.69) is 5.32 Å². The van der Waals surface area contributed by atoms with Gasteiger partial charge in [0.15, 0.2) is 9.84 Å². The molecule has 6 heteroatoms. The number of carbonyl (C=O) groups is 1. The number of halogens is 1.